The van der Waals surface area contributed by atoms with Gasteiger partial charge in [0.25, 0.3) is 0 Å². The minimum atomic E-state index is -1.03. The topological polar surface area (TPSA) is 65.0 Å². The first-order chi connectivity index (χ1) is 9.43. The SMILES string of the molecule is CCOC(COc1cccc2c1OC(C)(C)C2)C(=O)O. The molecule has 110 valence electrons. The number of carboxylic acids is 1. The van der Waals surface area contributed by atoms with E-state index in [-0.39, 0.29) is 12.2 Å². The Morgan fingerprint density at radius 1 is 1.50 bits per heavy atom. The minimum Gasteiger partial charge on any atom is -0.486 e. The Bertz CT molecular complexity index is 495. The lowest BCUT2D eigenvalue weighted by molar-refractivity contribution is -0.152. The Morgan fingerprint density at radius 3 is 2.90 bits per heavy atom. The van der Waals surface area contributed by atoms with Crippen molar-refractivity contribution in [1.29, 1.82) is 0 Å². The lowest BCUT2D eigenvalue weighted by atomic mass is 10.0. The van der Waals surface area contributed by atoms with Crippen molar-refractivity contribution in [3.8, 4) is 11.5 Å². The molecule has 0 saturated carbocycles. The molecule has 0 fully saturated rings. The van der Waals surface area contributed by atoms with Gasteiger partial charge in [-0.15, -0.1) is 0 Å². The van der Waals surface area contributed by atoms with Gasteiger partial charge >= 0.3 is 5.97 Å². The van der Waals surface area contributed by atoms with Crippen LogP contribution in [0.25, 0.3) is 0 Å². The van der Waals surface area contributed by atoms with Gasteiger partial charge in [-0.3, -0.25) is 0 Å². The molecule has 0 bridgehead atoms. The summed E-state index contributed by atoms with van der Waals surface area (Å²) < 4.78 is 16.6. The molecule has 20 heavy (non-hydrogen) atoms. The number of fused-ring (bicyclic) bond motifs is 1. The Morgan fingerprint density at radius 2 is 2.25 bits per heavy atom. The number of hydrogen-bond acceptors (Lipinski definition) is 4. The van der Waals surface area contributed by atoms with E-state index in [1.165, 1.54) is 0 Å². The maximum Gasteiger partial charge on any atom is 0.336 e. The Hall–Kier alpha value is -1.75. The van der Waals surface area contributed by atoms with Crippen LogP contribution < -0.4 is 9.47 Å². The number of carbonyl (C=O) groups is 1. The zero-order valence-corrected chi connectivity index (χ0v) is 12.0. The number of para-hydroxylation sites is 1. The summed E-state index contributed by atoms with van der Waals surface area (Å²) in [6.45, 7) is 6.07. The molecule has 5 heteroatoms. The van der Waals surface area contributed by atoms with Crippen LogP contribution in [0.3, 0.4) is 0 Å². The van der Waals surface area contributed by atoms with Crippen molar-refractivity contribution in [3.05, 3.63) is 23.8 Å². The fourth-order valence-corrected chi connectivity index (χ4v) is 2.26. The molecular formula is C15H20O5. The number of aliphatic carboxylic acids is 1. The predicted octanol–water partition coefficient (Wildman–Crippen LogP) is 2.27. The highest BCUT2D eigenvalue weighted by atomic mass is 16.6. The standard InChI is InChI=1S/C15H20O5/c1-4-18-12(14(16)17)9-19-11-7-5-6-10-8-15(2,3)20-13(10)11/h5-7,12H,4,8-9H2,1-3H3,(H,16,17). The van der Waals surface area contributed by atoms with Crippen molar-refractivity contribution in [2.45, 2.75) is 38.9 Å². The normalized spacial score (nSPS) is 17.1. The highest BCUT2D eigenvalue weighted by Crippen LogP contribution is 2.41. The van der Waals surface area contributed by atoms with Gasteiger partial charge in [0.2, 0.25) is 0 Å². The second-order valence-corrected chi connectivity index (χ2v) is 5.38. The third-order valence-corrected chi connectivity index (χ3v) is 3.09. The van der Waals surface area contributed by atoms with Crippen molar-refractivity contribution in [1.82, 2.24) is 0 Å². The van der Waals surface area contributed by atoms with Crippen LogP contribution in [-0.2, 0) is 16.0 Å². The molecule has 0 radical (unpaired) electrons. The van der Waals surface area contributed by atoms with Crippen LogP contribution in [0.15, 0.2) is 18.2 Å². The molecule has 1 aromatic rings. The minimum absolute atomic E-state index is 0.0383. The van der Waals surface area contributed by atoms with Crippen molar-refractivity contribution in [2.75, 3.05) is 13.2 Å². The lowest BCUT2D eigenvalue weighted by Crippen LogP contribution is -2.30. The fraction of sp³-hybridized carbons (Fsp3) is 0.533. The second kappa shape index (κ2) is 5.71. The molecule has 1 unspecified atom stereocenters. The predicted molar refractivity (Wildman–Crippen MR) is 73.4 cm³/mol. The van der Waals surface area contributed by atoms with Gasteiger partial charge in [-0.1, -0.05) is 12.1 Å². The first-order valence-electron chi connectivity index (χ1n) is 6.71. The highest BCUT2D eigenvalue weighted by molar-refractivity contribution is 5.72. The molecule has 0 saturated heterocycles. The van der Waals surface area contributed by atoms with Gasteiger partial charge in [-0.25, -0.2) is 4.79 Å². The van der Waals surface area contributed by atoms with Crippen LogP contribution >= 0.6 is 0 Å². The van der Waals surface area contributed by atoms with E-state index in [0.29, 0.717) is 18.1 Å². The van der Waals surface area contributed by atoms with E-state index < -0.39 is 12.1 Å². The summed E-state index contributed by atoms with van der Waals surface area (Å²) in [5.74, 6) is 0.248. The molecule has 1 aliphatic heterocycles. The highest BCUT2D eigenvalue weighted by Gasteiger charge is 2.32. The van der Waals surface area contributed by atoms with Crippen LogP contribution in [0.4, 0.5) is 0 Å². The summed E-state index contributed by atoms with van der Waals surface area (Å²) in [5, 5.41) is 9.02. The molecule has 0 amide bonds. The van der Waals surface area contributed by atoms with Crippen LogP contribution in [-0.4, -0.2) is 36.0 Å². The zero-order valence-electron chi connectivity index (χ0n) is 12.0. The maximum atomic E-state index is 11.0. The van der Waals surface area contributed by atoms with E-state index in [9.17, 15) is 4.79 Å². The van der Waals surface area contributed by atoms with Crippen molar-refractivity contribution < 1.29 is 24.1 Å². The van der Waals surface area contributed by atoms with Crippen LogP contribution in [0, 0.1) is 0 Å². The molecule has 0 spiro atoms. The van der Waals surface area contributed by atoms with Crippen LogP contribution in [0.2, 0.25) is 0 Å². The van der Waals surface area contributed by atoms with E-state index >= 15 is 0 Å². The second-order valence-electron chi connectivity index (χ2n) is 5.38. The van der Waals surface area contributed by atoms with Gasteiger partial charge in [0.05, 0.1) is 0 Å². The average Bonchev–Trinajstić information content (AvgIpc) is 2.68. The van der Waals surface area contributed by atoms with E-state index in [2.05, 4.69) is 0 Å². The third kappa shape index (κ3) is 3.22. The maximum absolute atomic E-state index is 11.0. The molecular weight excluding hydrogens is 260 g/mol. The number of hydrogen-bond donors (Lipinski definition) is 1. The smallest absolute Gasteiger partial charge is 0.336 e. The summed E-state index contributed by atoms with van der Waals surface area (Å²) in [7, 11) is 0. The van der Waals surface area contributed by atoms with Gasteiger partial charge in [0.1, 0.15) is 12.2 Å². The summed E-state index contributed by atoms with van der Waals surface area (Å²) >= 11 is 0. The quantitative estimate of drug-likeness (QED) is 0.866. The summed E-state index contributed by atoms with van der Waals surface area (Å²) in [4.78, 5) is 11.0. The molecule has 1 atom stereocenters. The van der Waals surface area contributed by atoms with E-state index in [4.69, 9.17) is 19.3 Å². The molecule has 1 aromatic carbocycles. The van der Waals surface area contributed by atoms with E-state index in [1.54, 1.807) is 13.0 Å². The fourth-order valence-electron chi connectivity index (χ4n) is 2.26. The van der Waals surface area contributed by atoms with Crippen molar-refractivity contribution in [2.24, 2.45) is 0 Å². The Balaban J connectivity index is 2.08. The first kappa shape index (κ1) is 14.7. The van der Waals surface area contributed by atoms with E-state index in [0.717, 1.165) is 12.0 Å². The molecule has 0 aromatic heterocycles. The molecule has 0 aliphatic carbocycles. The van der Waals surface area contributed by atoms with Crippen LogP contribution in [0.1, 0.15) is 26.3 Å². The zero-order chi connectivity index (χ0) is 14.8. The lowest BCUT2D eigenvalue weighted by Gasteiger charge is -2.19. The number of carboxylic acid groups (broad SMARTS) is 1. The summed E-state index contributed by atoms with van der Waals surface area (Å²) in [6.07, 6.45) is -0.154. The van der Waals surface area contributed by atoms with Gasteiger partial charge in [-0.2, -0.15) is 0 Å². The average molecular weight is 280 g/mol. The third-order valence-electron chi connectivity index (χ3n) is 3.09. The van der Waals surface area contributed by atoms with Crippen molar-refractivity contribution >= 4 is 5.97 Å². The van der Waals surface area contributed by atoms with Gasteiger partial charge in [0.15, 0.2) is 17.6 Å². The number of rotatable bonds is 6. The Kier molecular flexibility index (Phi) is 4.18. The van der Waals surface area contributed by atoms with Crippen molar-refractivity contribution in [3.63, 3.8) is 0 Å². The molecule has 1 heterocycles. The molecule has 2 rings (SSSR count). The number of benzene rings is 1. The first-order valence-corrected chi connectivity index (χ1v) is 6.71. The molecule has 1 aliphatic rings. The number of ether oxygens (including phenoxy) is 3. The van der Waals surface area contributed by atoms with E-state index in [1.807, 2.05) is 26.0 Å². The summed E-state index contributed by atoms with van der Waals surface area (Å²) in [5.41, 5.74) is 0.823. The van der Waals surface area contributed by atoms with Gasteiger partial charge in [0, 0.05) is 18.6 Å². The largest absolute Gasteiger partial charge is 0.486 e. The molecule has 5 nitrogen and oxygen atoms in total. The van der Waals surface area contributed by atoms with Gasteiger partial charge < -0.3 is 19.3 Å². The molecule has 1 N–H and O–H groups in total. The van der Waals surface area contributed by atoms with Gasteiger partial charge in [-0.05, 0) is 26.8 Å². The Labute approximate surface area is 118 Å². The monoisotopic (exact) mass is 280 g/mol. The van der Waals surface area contributed by atoms with Crippen LogP contribution in [0.5, 0.6) is 11.5 Å². The summed E-state index contributed by atoms with van der Waals surface area (Å²) in [6, 6.07) is 5.66.